The highest BCUT2D eigenvalue weighted by Crippen LogP contribution is 2.31. The van der Waals surface area contributed by atoms with Gasteiger partial charge in [0.05, 0.1) is 0 Å². The maximum absolute atomic E-state index is 6.11. The molecule has 0 aliphatic carbocycles. The van der Waals surface area contributed by atoms with Gasteiger partial charge in [0.15, 0.2) is 0 Å². The van der Waals surface area contributed by atoms with Crippen LogP contribution in [0.1, 0.15) is 38.3 Å². The molecule has 2 N–H and O–H groups in total. The van der Waals surface area contributed by atoms with Gasteiger partial charge in [-0.05, 0) is 46.2 Å². The molecule has 0 aliphatic rings. The molecule has 2 aromatic rings. The molecular weight excluding hydrogens is 266 g/mol. The second-order valence-corrected chi connectivity index (χ2v) is 6.26. The summed E-state index contributed by atoms with van der Waals surface area (Å²) in [5.41, 5.74) is 10.8. The average Bonchev–Trinajstić information content (AvgIpc) is 2.47. The van der Waals surface area contributed by atoms with Crippen LogP contribution in [0.15, 0.2) is 42.5 Å². The Bertz CT molecular complexity index is 585. The van der Waals surface area contributed by atoms with Gasteiger partial charge in [0.25, 0.3) is 0 Å². The fourth-order valence-electron chi connectivity index (χ4n) is 2.30. The van der Waals surface area contributed by atoms with Crippen molar-refractivity contribution in [2.45, 2.75) is 39.2 Å². The second kappa shape index (κ2) is 5.99. The standard InChI is InChI=1S/C18H22ClN/c1-4-18(2,3)15-8-5-13(6-9-15)17-11-16(19)10-7-14(17)12-20/h5-11H,4,12,20H2,1-3H3. The number of benzene rings is 2. The molecule has 1 nitrogen and oxygen atoms in total. The lowest BCUT2D eigenvalue weighted by Crippen LogP contribution is -2.15. The van der Waals surface area contributed by atoms with E-state index in [2.05, 4.69) is 45.0 Å². The molecule has 0 saturated carbocycles. The van der Waals surface area contributed by atoms with E-state index in [4.69, 9.17) is 17.3 Å². The Kier molecular flexibility index (Phi) is 4.52. The molecule has 0 spiro atoms. The summed E-state index contributed by atoms with van der Waals surface area (Å²) in [5.74, 6) is 0. The summed E-state index contributed by atoms with van der Waals surface area (Å²) in [7, 11) is 0. The van der Waals surface area contributed by atoms with Crippen LogP contribution >= 0.6 is 11.6 Å². The molecule has 0 aliphatic heterocycles. The van der Waals surface area contributed by atoms with Crippen LogP contribution in [-0.2, 0) is 12.0 Å². The van der Waals surface area contributed by atoms with Crippen LogP contribution in [0.3, 0.4) is 0 Å². The van der Waals surface area contributed by atoms with Crippen LogP contribution in [0.25, 0.3) is 11.1 Å². The fourth-order valence-corrected chi connectivity index (χ4v) is 2.47. The van der Waals surface area contributed by atoms with E-state index in [0.29, 0.717) is 6.54 Å². The lowest BCUT2D eigenvalue weighted by atomic mass is 9.81. The van der Waals surface area contributed by atoms with Crippen molar-refractivity contribution in [2.24, 2.45) is 5.73 Å². The first-order chi connectivity index (χ1) is 9.47. The Labute approximate surface area is 126 Å². The van der Waals surface area contributed by atoms with Gasteiger partial charge < -0.3 is 5.73 Å². The third-order valence-corrected chi connectivity index (χ3v) is 4.39. The summed E-state index contributed by atoms with van der Waals surface area (Å²) in [6.07, 6.45) is 1.12. The molecule has 2 rings (SSSR count). The highest BCUT2D eigenvalue weighted by atomic mass is 35.5. The highest BCUT2D eigenvalue weighted by Gasteiger charge is 2.17. The molecule has 0 aromatic heterocycles. The van der Waals surface area contributed by atoms with Crippen molar-refractivity contribution in [3.8, 4) is 11.1 Å². The summed E-state index contributed by atoms with van der Waals surface area (Å²) in [6.45, 7) is 7.28. The smallest absolute Gasteiger partial charge is 0.0412 e. The Morgan fingerprint density at radius 2 is 1.70 bits per heavy atom. The molecule has 0 fully saturated rings. The van der Waals surface area contributed by atoms with Crippen LogP contribution < -0.4 is 5.73 Å². The number of nitrogens with two attached hydrogens (primary N) is 1. The summed E-state index contributed by atoms with van der Waals surface area (Å²) in [4.78, 5) is 0. The summed E-state index contributed by atoms with van der Waals surface area (Å²) < 4.78 is 0. The van der Waals surface area contributed by atoms with Gasteiger partial charge in [-0.1, -0.05) is 62.7 Å². The van der Waals surface area contributed by atoms with Gasteiger partial charge >= 0.3 is 0 Å². The quantitative estimate of drug-likeness (QED) is 0.826. The van der Waals surface area contributed by atoms with Crippen molar-refractivity contribution in [1.82, 2.24) is 0 Å². The van der Waals surface area contributed by atoms with E-state index in [1.807, 2.05) is 18.2 Å². The molecule has 0 saturated heterocycles. The van der Waals surface area contributed by atoms with Gasteiger partial charge in [-0.2, -0.15) is 0 Å². The minimum atomic E-state index is 0.212. The molecule has 0 unspecified atom stereocenters. The van der Waals surface area contributed by atoms with Gasteiger partial charge in [0.1, 0.15) is 0 Å². The van der Waals surface area contributed by atoms with Crippen molar-refractivity contribution in [1.29, 1.82) is 0 Å². The molecule has 0 bridgehead atoms. The van der Waals surface area contributed by atoms with E-state index in [-0.39, 0.29) is 5.41 Å². The zero-order valence-electron chi connectivity index (χ0n) is 12.4. The Morgan fingerprint density at radius 3 is 2.25 bits per heavy atom. The van der Waals surface area contributed by atoms with E-state index in [9.17, 15) is 0 Å². The summed E-state index contributed by atoms with van der Waals surface area (Å²) in [6, 6.07) is 14.6. The minimum Gasteiger partial charge on any atom is -0.326 e. The maximum Gasteiger partial charge on any atom is 0.0412 e. The highest BCUT2D eigenvalue weighted by molar-refractivity contribution is 6.30. The molecule has 0 amide bonds. The first-order valence-corrected chi connectivity index (χ1v) is 7.45. The van der Waals surface area contributed by atoms with Gasteiger partial charge in [-0.15, -0.1) is 0 Å². The van der Waals surface area contributed by atoms with E-state index in [1.54, 1.807) is 0 Å². The maximum atomic E-state index is 6.11. The summed E-state index contributed by atoms with van der Waals surface area (Å²) >= 11 is 6.11. The van der Waals surface area contributed by atoms with Gasteiger partial charge in [0, 0.05) is 11.6 Å². The Hall–Kier alpha value is -1.31. The first kappa shape index (κ1) is 15.1. The number of halogens is 1. The molecule has 106 valence electrons. The largest absolute Gasteiger partial charge is 0.326 e. The zero-order valence-corrected chi connectivity index (χ0v) is 13.2. The third kappa shape index (κ3) is 3.05. The van der Waals surface area contributed by atoms with E-state index in [0.717, 1.165) is 22.6 Å². The Balaban J connectivity index is 2.42. The molecule has 0 heterocycles. The normalized spacial score (nSPS) is 11.7. The lowest BCUT2D eigenvalue weighted by Gasteiger charge is -2.23. The average molecular weight is 288 g/mol. The van der Waals surface area contributed by atoms with Gasteiger partial charge in [-0.3, -0.25) is 0 Å². The SMILES string of the molecule is CCC(C)(C)c1ccc(-c2cc(Cl)ccc2CN)cc1. The molecule has 20 heavy (non-hydrogen) atoms. The van der Waals surface area contributed by atoms with Crippen molar-refractivity contribution in [2.75, 3.05) is 0 Å². The first-order valence-electron chi connectivity index (χ1n) is 7.07. The molecule has 2 aromatic carbocycles. The number of hydrogen-bond acceptors (Lipinski definition) is 1. The summed E-state index contributed by atoms with van der Waals surface area (Å²) in [5, 5.41) is 0.746. The van der Waals surface area contributed by atoms with Crippen LogP contribution in [-0.4, -0.2) is 0 Å². The topological polar surface area (TPSA) is 26.0 Å². The molecular formula is C18H22ClN. The fraction of sp³-hybridized carbons (Fsp3) is 0.333. The van der Waals surface area contributed by atoms with E-state index >= 15 is 0 Å². The van der Waals surface area contributed by atoms with Crippen LogP contribution in [0, 0.1) is 0 Å². The van der Waals surface area contributed by atoms with Crippen molar-refractivity contribution < 1.29 is 0 Å². The van der Waals surface area contributed by atoms with Crippen molar-refractivity contribution in [3.63, 3.8) is 0 Å². The number of rotatable bonds is 4. The van der Waals surface area contributed by atoms with Crippen LogP contribution in [0.4, 0.5) is 0 Å². The third-order valence-electron chi connectivity index (χ3n) is 4.15. The van der Waals surface area contributed by atoms with Gasteiger partial charge in [-0.25, -0.2) is 0 Å². The van der Waals surface area contributed by atoms with Crippen molar-refractivity contribution in [3.05, 3.63) is 58.6 Å². The van der Waals surface area contributed by atoms with Gasteiger partial charge in [0.2, 0.25) is 0 Å². The van der Waals surface area contributed by atoms with Crippen LogP contribution in [0.2, 0.25) is 5.02 Å². The molecule has 2 heteroatoms. The van der Waals surface area contributed by atoms with Crippen LogP contribution in [0.5, 0.6) is 0 Å². The number of hydrogen-bond donors (Lipinski definition) is 1. The minimum absolute atomic E-state index is 0.212. The molecule has 0 atom stereocenters. The molecule has 0 radical (unpaired) electrons. The second-order valence-electron chi connectivity index (χ2n) is 5.82. The van der Waals surface area contributed by atoms with E-state index < -0.39 is 0 Å². The zero-order chi connectivity index (χ0) is 14.8. The predicted octanol–water partition coefficient (Wildman–Crippen LogP) is 5.15. The monoisotopic (exact) mass is 287 g/mol. The van der Waals surface area contributed by atoms with E-state index in [1.165, 1.54) is 11.1 Å². The van der Waals surface area contributed by atoms with Crippen molar-refractivity contribution >= 4 is 11.6 Å². The Morgan fingerprint density at radius 1 is 1.05 bits per heavy atom. The lowest BCUT2D eigenvalue weighted by molar-refractivity contribution is 0.506. The predicted molar refractivity (Wildman–Crippen MR) is 88.1 cm³/mol.